The number of unbranched alkanes of at least 4 members (excludes halogenated alkanes) is 1. The summed E-state index contributed by atoms with van der Waals surface area (Å²) in [5.41, 5.74) is 1.62. The molecule has 2 heteroatoms. The Labute approximate surface area is 88.4 Å². The van der Waals surface area contributed by atoms with Crippen LogP contribution in [0, 0.1) is 0 Å². The van der Waals surface area contributed by atoms with Gasteiger partial charge in [-0.15, -0.1) is 0 Å². The highest BCUT2D eigenvalue weighted by atomic mass is 15.2. The van der Waals surface area contributed by atoms with Gasteiger partial charge < -0.3 is 10.2 Å². The molecule has 2 nitrogen and oxygen atoms in total. The van der Waals surface area contributed by atoms with Crippen LogP contribution in [0.5, 0.6) is 0 Å². The SMILES string of the molecule is CCCC/C(=C/N1CCNCC1)CC. The largest absolute Gasteiger partial charge is 0.375 e. The number of nitrogens with one attached hydrogen (secondary N) is 1. The number of allylic oxidation sites excluding steroid dienone is 1. The third kappa shape index (κ3) is 4.14. The molecule has 0 saturated carbocycles. The van der Waals surface area contributed by atoms with Gasteiger partial charge in [-0.05, 0) is 25.5 Å². The lowest BCUT2D eigenvalue weighted by Gasteiger charge is -2.27. The van der Waals surface area contributed by atoms with Crippen molar-refractivity contribution in [2.75, 3.05) is 26.2 Å². The molecule has 0 amide bonds. The van der Waals surface area contributed by atoms with Crippen molar-refractivity contribution in [1.29, 1.82) is 0 Å². The van der Waals surface area contributed by atoms with Crippen LogP contribution in [-0.2, 0) is 0 Å². The van der Waals surface area contributed by atoms with E-state index in [2.05, 4.69) is 30.3 Å². The van der Waals surface area contributed by atoms with Crippen molar-refractivity contribution in [2.45, 2.75) is 39.5 Å². The fourth-order valence-electron chi connectivity index (χ4n) is 1.81. The second-order valence-corrected chi connectivity index (χ2v) is 4.03. The molecule has 1 aliphatic heterocycles. The molecule has 1 aliphatic rings. The molecular formula is C12H24N2. The smallest absolute Gasteiger partial charge is 0.0298 e. The second-order valence-electron chi connectivity index (χ2n) is 4.03. The summed E-state index contributed by atoms with van der Waals surface area (Å²) in [4.78, 5) is 2.46. The molecule has 0 aromatic carbocycles. The van der Waals surface area contributed by atoms with Crippen LogP contribution in [0.4, 0.5) is 0 Å². The molecule has 14 heavy (non-hydrogen) atoms. The number of rotatable bonds is 5. The van der Waals surface area contributed by atoms with Crippen LogP contribution < -0.4 is 5.32 Å². The van der Waals surface area contributed by atoms with Crippen molar-refractivity contribution in [3.05, 3.63) is 11.8 Å². The van der Waals surface area contributed by atoms with Gasteiger partial charge in [0.15, 0.2) is 0 Å². The number of hydrogen-bond acceptors (Lipinski definition) is 2. The first kappa shape index (κ1) is 11.6. The summed E-state index contributed by atoms with van der Waals surface area (Å²) < 4.78 is 0. The minimum Gasteiger partial charge on any atom is -0.375 e. The highest BCUT2D eigenvalue weighted by Gasteiger charge is 2.05. The van der Waals surface area contributed by atoms with E-state index in [4.69, 9.17) is 0 Å². The van der Waals surface area contributed by atoms with Crippen LogP contribution >= 0.6 is 0 Å². The Morgan fingerprint density at radius 3 is 2.57 bits per heavy atom. The van der Waals surface area contributed by atoms with Gasteiger partial charge in [0.2, 0.25) is 0 Å². The van der Waals surface area contributed by atoms with E-state index in [1.807, 2.05) is 0 Å². The van der Waals surface area contributed by atoms with E-state index in [0.29, 0.717) is 0 Å². The number of hydrogen-bond donors (Lipinski definition) is 1. The van der Waals surface area contributed by atoms with Crippen LogP contribution in [0.25, 0.3) is 0 Å². The molecule has 0 aromatic rings. The van der Waals surface area contributed by atoms with Crippen molar-refractivity contribution >= 4 is 0 Å². The first-order valence-electron chi connectivity index (χ1n) is 6.01. The molecule has 0 aromatic heterocycles. The van der Waals surface area contributed by atoms with Gasteiger partial charge in [-0.2, -0.15) is 0 Å². The molecule has 0 atom stereocenters. The molecule has 0 aliphatic carbocycles. The van der Waals surface area contributed by atoms with Gasteiger partial charge in [0.25, 0.3) is 0 Å². The van der Waals surface area contributed by atoms with Crippen molar-refractivity contribution in [3.63, 3.8) is 0 Å². The van der Waals surface area contributed by atoms with Gasteiger partial charge in [-0.1, -0.05) is 25.8 Å². The van der Waals surface area contributed by atoms with Gasteiger partial charge in [0, 0.05) is 26.2 Å². The first-order valence-corrected chi connectivity index (χ1v) is 6.01. The highest BCUT2D eigenvalue weighted by molar-refractivity contribution is 5.01. The Balaban J connectivity index is 2.35. The van der Waals surface area contributed by atoms with E-state index in [1.165, 1.54) is 38.8 Å². The maximum atomic E-state index is 3.38. The topological polar surface area (TPSA) is 15.3 Å². The molecule has 1 fully saturated rings. The fourth-order valence-corrected chi connectivity index (χ4v) is 1.81. The Hall–Kier alpha value is -0.500. The Morgan fingerprint density at radius 2 is 2.00 bits per heavy atom. The first-order chi connectivity index (χ1) is 6.86. The minimum absolute atomic E-state index is 1.14. The molecule has 82 valence electrons. The van der Waals surface area contributed by atoms with Crippen LogP contribution in [0.2, 0.25) is 0 Å². The van der Waals surface area contributed by atoms with E-state index in [0.717, 1.165) is 13.1 Å². The van der Waals surface area contributed by atoms with E-state index in [1.54, 1.807) is 5.57 Å². The number of nitrogens with zero attached hydrogens (tertiary/aromatic N) is 1. The van der Waals surface area contributed by atoms with Crippen molar-refractivity contribution in [2.24, 2.45) is 0 Å². The van der Waals surface area contributed by atoms with Crippen LogP contribution in [0.1, 0.15) is 39.5 Å². The minimum atomic E-state index is 1.14. The normalized spacial score (nSPS) is 18.7. The third-order valence-corrected chi connectivity index (χ3v) is 2.82. The zero-order valence-electron chi connectivity index (χ0n) is 9.68. The predicted molar refractivity (Wildman–Crippen MR) is 62.3 cm³/mol. The van der Waals surface area contributed by atoms with Crippen molar-refractivity contribution in [1.82, 2.24) is 10.2 Å². The van der Waals surface area contributed by atoms with Crippen LogP contribution in [-0.4, -0.2) is 31.1 Å². The van der Waals surface area contributed by atoms with E-state index < -0.39 is 0 Å². The summed E-state index contributed by atoms with van der Waals surface area (Å²) in [6.07, 6.45) is 7.54. The van der Waals surface area contributed by atoms with E-state index in [-0.39, 0.29) is 0 Å². The summed E-state index contributed by atoms with van der Waals surface area (Å²) in [5, 5.41) is 3.38. The van der Waals surface area contributed by atoms with Crippen molar-refractivity contribution < 1.29 is 0 Å². The summed E-state index contributed by atoms with van der Waals surface area (Å²) in [6, 6.07) is 0. The molecule has 0 bridgehead atoms. The monoisotopic (exact) mass is 196 g/mol. The Bertz CT molecular complexity index is 169. The van der Waals surface area contributed by atoms with Crippen LogP contribution in [0.15, 0.2) is 11.8 Å². The standard InChI is InChI=1S/C12H24N2/c1-3-5-6-12(4-2)11-14-9-7-13-8-10-14/h11,13H,3-10H2,1-2H3/b12-11+. The molecule has 1 heterocycles. The van der Waals surface area contributed by atoms with Gasteiger partial charge in [0.05, 0.1) is 0 Å². The summed E-state index contributed by atoms with van der Waals surface area (Å²) in [6.45, 7) is 9.16. The maximum Gasteiger partial charge on any atom is 0.0298 e. The summed E-state index contributed by atoms with van der Waals surface area (Å²) >= 11 is 0. The highest BCUT2D eigenvalue weighted by Crippen LogP contribution is 2.12. The molecular weight excluding hydrogens is 172 g/mol. The second kappa shape index (κ2) is 6.88. The van der Waals surface area contributed by atoms with Gasteiger partial charge >= 0.3 is 0 Å². The molecule has 0 radical (unpaired) electrons. The average Bonchev–Trinajstić information content (AvgIpc) is 2.25. The van der Waals surface area contributed by atoms with E-state index >= 15 is 0 Å². The average molecular weight is 196 g/mol. The molecule has 0 unspecified atom stereocenters. The quantitative estimate of drug-likeness (QED) is 0.726. The molecule has 1 N–H and O–H groups in total. The Morgan fingerprint density at radius 1 is 1.29 bits per heavy atom. The lowest BCUT2D eigenvalue weighted by atomic mass is 10.1. The van der Waals surface area contributed by atoms with Gasteiger partial charge in [0.1, 0.15) is 0 Å². The molecule has 1 saturated heterocycles. The van der Waals surface area contributed by atoms with Crippen LogP contribution in [0.3, 0.4) is 0 Å². The molecule has 0 spiro atoms. The molecule has 1 rings (SSSR count). The fraction of sp³-hybridized carbons (Fsp3) is 0.833. The zero-order chi connectivity index (χ0) is 10.2. The maximum absolute atomic E-state index is 3.38. The predicted octanol–water partition coefficient (Wildman–Crippen LogP) is 2.38. The lowest BCUT2D eigenvalue weighted by molar-refractivity contribution is 0.320. The zero-order valence-corrected chi connectivity index (χ0v) is 9.68. The van der Waals surface area contributed by atoms with Crippen molar-refractivity contribution in [3.8, 4) is 0 Å². The lowest BCUT2D eigenvalue weighted by Crippen LogP contribution is -2.40. The van der Waals surface area contributed by atoms with Gasteiger partial charge in [-0.25, -0.2) is 0 Å². The Kier molecular flexibility index (Phi) is 5.69. The van der Waals surface area contributed by atoms with Gasteiger partial charge in [-0.3, -0.25) is 0 Å². The van der Waals surface area contributed by atoms with E-state index in [9.17, 15) is 0 Å². The number of piperazine rings is 1. The summed E-state index contributed by atoms with van der Waals surface area (Å²) in [7, 11) is 0. The summed E-state index contributed by atoms with van der Waals surface area (Å²) in [5.74, 6) is 0. The third-order valence-electron chi connectivity index (χ3n) is 2.82.